The number of nitrogens with one attached hydrogen (secondary N) is 1. The van der Waals surface area contributed by atoms with E-state index in [2.05, 4.69) is 9.97 Å². The summed E-state index contributed by atoms with van der Waals surface area (Å²) in [6.07, 6.45) is 0. The second kappa shape index (κ2) is 5.20. The predicted octanol–water partition coefficient (Wildman–Crippen LogP) is 3.39. The van der Waals surface area contributed by atoms with Gasteiger partial charge in [0, 0.05) is 17.5 Å². The van der Waals surface area contributed by atoms with Crippen LogP contribution in [0.15, 0.2) is 35.1 Å². The summed E-state index contributed by atoms with van der Waals surface area (Å²) in [4.78, 5) is 18.9. The van der Waals surface area contributed by atoms with Gasteiger partial charge in [-0.25, -0.2) is 13.8 Å². The minimum atomic E-state index is -1.10. The summed E-state index contributed by atoms with van der Waals surface area (Å²) in [6.45, 7) is 0. The fraction of sp³-hybridized carbons (Fsp3) is 0. The standard InChI is InChI=1S/C15H6ClF2N3O/c16-9-2-1-7(6-19)20-15(9)13-5-14(22)8-3-10(17)11(18)4-12(8)21-13/h1-5H,(H,21,22). The van der Waals surface area contributed by atoms with E-state index in [-0.39, 0.29) is 33.0 Å². The van der Waals surface area contributed by atoms with Gasteiger partial charge in [0.1, 0.15) is 17.5 Å². The summed E-state index contributed by atoms with van der Waals surface area (Å²) < 4.78 is 26.5. The number of hydrogen-bond donors (Lipinski definition) is 1. The number of rotatable bonds is 1. The molecule has 2 aromatic heterocycles. The lowest BCUT2D eigenvalue weighted by atomic mass is 10.1. The lowest BCUT2D eigenvalue weighted by Gasteiger charge is -2.06. The molecule has 0 amide bonds. The van der Waals surface area contributed by atoms with Crippen LogP contribution in [-0.4, -0.2) is 9.97 Å². The highest BCUT2D eigenvalue weighted by molar-refractivity contribution is 6.33. The first-order valence-electron chi connectivity index (χ1n) is 6.08. The molecule has 3 rings (SSSR count). The van der Waals surface area contributed by atoms with Gasteiger partial charge >= 0.3 is 0 Å². The van der Waals surface area contributed by atoms with E-state index in [1.54, 1.807) is 0 Å². The number of hydrogen-bond acceptors (Lipinski definition) is 3. The quantitative estimate of drug-likeness (QED) is 0.748. The number of benzene rings is 1. The lowest BCUT2D eigenvalue weighted by Crippen LogP contribution is -2.05. The van der Waals surface area contributed by atoms with Gasteiger partial charge in [0.05, 0.1) is 16.2 Å². The Labute approximate surface area is 127 Å². The zero-order valence-electron chi connectivity index (χ0n) is 10.8. The Morgan fingerprint density at radius 1 is 1.18 bits per heavy atom. The topological polar surface area (TPSA) is 69.5 Å². The predicted molar refractivity (Wildman–Crippen MR) is 77.4 cm³/mol. The minimum Gasteiger partial charge on any atom is -0.353 e. The third kappa shape index (κ3) is 2.32. The lowest BCUT2D eigenvalue weighted by molar-refractivity contribution is 0.510. The Balaban J connectivity index is 2.32. The fourth-order valence-corrected chi connectivity index (χ4v) is 2.27. The van der Waals surface area contributed by atoms with E-state index in [1.807, 2.05) is 6.07 Å². The molecular formula is C15H6ClF2N3O. The zero-order chi connectivity index (χ0) is 15.9. The van der Waals surface area contributed by atoms with Crippen LogP contribution in [0.3, 0.4) is 0 Å². The molecule has 0 aliphatic carbocycles. The van der Waals surface area contributed by atoms with Gasteiger partial charge in [-0.2, -0.15) is 5.26 Å². The van der Waals surface area contributed by atoms with Crippen molar-refractivity contribution < 1.29 is 8.78 Å². The monoisotopic (exact) mass is 317 g/mol. The van der Waals surface area contributed by atoms with Gasteiger partial charge in [0.25, 0.3) is 0 Å². The molecule has 0 saturated carbocycles. The second-order valence-electron chi connectivity index (χ2n) is 4.50. The van der Waals surface area contributed by atoms with Crippen molar-refractivity contribution in [1.29, 1.82) is 5.26 Å². The van der Waals surface area contributed by atoms with Crippen molar-refractivity contribution in [2.24, 2.45) is 0 Å². The number of halogens is 3. The highest BCUT2D eigenvalue weighted by atomic mass is 35.5. The molecule has 0 aliphatic rings. The van der Waals surface area contributed by atoms with Crippen LogP contribution >= 0.6 is 11.6 Å². The van der Waals surface area contributed by atoms with Crippen LogP contribution in [0.4, 0.5) is 8.78 Å². The molecule has 3 aromatic rings. The average Bonchev–Trinajstić information content (AvgIpc) is 2.49. The molecule has 0 saturated heterocycles. The molecule has 0 atom stereocenters. The van der Waals surface area contributed by atoms with Gasteiger partial charge in [-0.05, 0) is 18.2 Å². The molecule has 0 radical (unpaired) electrons. The number of H-pyrrole nitrogens is 1. The smallest absolute Gasteiger partial charge is 0.190 e. The summed E-state index contributed by atoms with van der Waals surface area (Å²) in [6, 6.07) is 7.65. The summed E-state index contributed by atoms with van der Waals surface area (Å²) in [5, 5.41) is 9.10. The molecule has 22 heavy (non-hydrogen) atoms. The van der Waals surface area contributed by atoms with Crippen LogP contribution in [0.2, 0.25) is 5.02 Å². The number of pyridine rings is 2. The van der Waals surface area contributed by atoms with Crippen molar-refractivity contribution in [2.45, 2.75) is 0 Å². The minimum absolute atomic E-state index is 0.00945. The SMILES string of the molecule is N#Cc1ccc(Cl)c(-c2cc(=O)c3cc(F)c(F)cc3[nH]2)n1. The highest BCUT2D eigenvalue weighted by Crippen LogP contribution is 2.25. The molecule has 0 spiro atoms. The molecule has 7 heteroatoms. The molecule has 2 heterocycles. The maximum absolute atomic E-state index is 13.3. The largest absolute Gasteiger partial charge is 0.353 e. The van der Waals surface area contributed by atoms with Crippen LogP contribution < -0.4 is 5.43 Å². The van der Waals surface area contributed by atoms with Crippen LogP contribution in [0.5, 0.6) is 0 Å². The number of nitriles is 1. The maximum atomic E-state index is 13.3. The summed E-state index contributed by atoms with van der Waals surface area (Å²) in [5.74, 6) is -2.18. The van der Waals surface area contributed by atoms with Crippen molar-refractivity contribution >= 4 is 22.5 Å². The van der Waals surface area contributed by atoms with Gasteiger partial charge in [-0.15, -0.1) is 0 Å². The second-order valence-corrected chi connectivity index (χ2v) is 4.91. The van der Waals surface area contributed by atoms with Crippen molar-refractivity contribution in [3.63, 3.8) is 0 Å². The third-order valence-electron chi connectivity index (χ3n) is 3.09. The maximum Gasteiger partial charge on any atom is 0.190 e. The zero-order valence-corrected chi connectivity index (χ0v) is 11.6. The first kappa shape index (κ1) is 14.2. The van der Waals surface area contributed by atoms with E-state index in [0.717, 1.165) is 12.1 Å². The van der Waals surface area contributed by atoms with Crippen molar-refractivity contribution in [1.82, 2.24) is 9.97 Å². The molecule has 0 bridgehead atoms. The first-order valence-corrected chi connectivity index (χ1v) is 6.46. The van der Waals surface area contributed by atoms with Gasteiger partial charge < -0.3 is 4.98 Å². The van der Waals surface area contributed by atoms with Crippen molar-refractivity contribution in [3.05, 3.63) is 62.9 Å². The van der Waals surface area contributed by atoms with E-state index in [4.69, 9.17) is 16.9 Å². The third-order valence-corrected chi connectivity index (χ3v) is 3.39. The molecule has 4 nitrogen and oxygen atoms in total. The van der Waals surface area contributed by atoms with E-state index < -0.39 is 17.1 Å². The number of aromatic amines is 1. The van der Waals surface area contributed by atoms with Crippen LogP contribution in [0, 0.1) is 23.0 Å². The molecule has 0 fully saturated rings. The van der Waals surface area contributed by atoms with Gasteiger partial charge in [-0.3, -0.25) is 4.79 Å². The van der Waals surface area contributed by atoms with Crippen molar-refractivity contribution in [2.75, 3.05) is 0 Å². The van der Waals surface area contributed by atoms with E-state index >= 15 is 0 Å². The first-order chi connectivity index (χ1) is 10.5. The normalized spacial score (nSPS) is 10.6. The number of nitrogens with zero attached hydrogens (tertiary/aromatic N) is 2. The van der Waals surface area contributed by atoms with Crippen LogP contribution in [0.1, 0.15) is 5.69 Å². The van der Waals surface area contributed by atoms with Gasteiger partial charge in [0.15, 0.2) is 17.1 Å². The molecular weight excluding hydrogens is 312 g/mol. The average molecular weight is 318 g/mol. The number of aromatic nitrogens is 2. The van der Waals surface area contributed by atoms with Crippen molar-refractivity contribution in [3.8, 4) is 17.5 Å². The Bertz CT molecular complexity index is 1010. The van der Waals surface area contributed by atoms with Crippen LogP contribution in [-0.2, 0) is 0 Å². The summed E-state index contributed by atoms with van der Waals surface area (Å²) in [5.41, 5.74) is 0.116. The Hall–Kier alpha value is -2.78. The Morgan fingerprint density at radius 3 is 2.64 bits per heavy atom. The molecule has 108 valence electrons. The fourth-order valence-electron chi connectivity index (χ4n) is 2.06. The summed E-state index contributed by atoms with van der Waals surface area (Å²) in [7, 11) is 0. The van der Waals surface area contributed by atoms with E-state index in [0.29, 0.717) is 0 Å². The van der Waals surface area contributed by atoms with E-state index in [9.17, 15) is 13.6 Å². The molecule has 0 unspecified atom stereocenters. The van der Waals surface area contributed by atoms with Gasteiger partial charge in [-0.1, -0.05) is 11.6 Å². The molecule has 1 aromatic carbocycles. The summed E-state index contributed by atoms with van der Waals surface area (Å²) >= 11 is 6.02. The van der Waals surface area contributed by atoms with E-state index in [1.165, 1.54) is 18.2 Å². The van der Waals surface area contributed by atoms with Gasteiger partial charge in [0.2, 0.25) is 0 Å². The Kier molecular flexibility index (Phi) is 3.35. The molecule has 1 N–H and O–H groups in total. The highest BCUT2D eigenvalue weighted by Gasteiger charge is 2.12. The molecule has 0 aliphatic heterocycles. The van der Waals surface area contributed by atoms with Crippen LogP contribution in [0.25, 0.3) is 22.3 Å². The number of fused-ring (bicyclic) bond motifs is 1. The Morgan fingerprint density at radius 2 is 1.91 bits per heavy atom.